The second kappa shape index (κ2) is 5.02. The molecule has 0 spiro atoms. The zero-order valence-corrected chi connectivity index (χ0v) is 11.5. The van der Waals surface area contributed by atoms with Crippen molar-refractivity contribution >= 4 is 5.69 Å². The van der Waals surface area contributed by atoms with Gasteiger partial charge < -0.3 is 9.64 Å². The molecule has 0 bridgehead atoms. The molecular formula is C14H16N4O. The molecule has 19 heavy (non-hydrogen) atoms. The first kappa shape index (κ1) is 13.0. The van der Waals surface area contributed by atoms with Crippen molar-refractivity contribution in [3.63, 3.8) is 0 Å². The average molecular weight is 256 g/mol. The monoisotopic (exact) mass is 256 g/mol. The molecule has 0 saturated heterocycles. The van der Waals surface area contributed by atoms with E-state index in [9.17, 15) is 0 Å². The predicted octanol–water partition coefficient (Wildman–Crippen LogP) is 2.46. The van der Waals surface area contributed by atoms with Crippen LogP contribution >= 0.6 is 0 Å². The molecule has 98 valence electrons. The molecule has 0 fully saturated rings. The molecule has 2 rings (SSSR count). The summed E-state index contributed by atoms with van der Waals surface area (Å²) in [4.78, 5) is 1.99. The Kier molecular flexibility index (Phi) is 3.43. The Labute approximate surface area is 112 Å². The second-order valence-corrected chi connectivity index (χ2v) is 4.49. The lowest BCUT2D eigenvalue weighted by atomic mass is 10.2. The molecule has 1 heterocycles. The third-order valence-corrected chi connectivity index (χ3v) is 2.83. The summed E-state index contributed by atoms with van der Waals surface area (Å²) >= 11 is 0. The first-order valence-corrected chi connectivity index (χ1v) is 5.92. The quantitative estimate of drug-likeness (QED) is 0.846. The summed E-state index contributed by atoms with van der Waals surface area (Å²) in [6.45, 7) is 1.79. The highest BCUT2D eigenvalue weighted by Gasteiger charge is 2.15. The molecule has 1 aromatic heterocycles. The first-order valence-electron chi connectivity index (χ1n) is 5.92. The maximum Gasteiger partial charge on any atom is 0.235 e. The van der Waals surface area contributed by atoms with Crippen LogP contribution in [-0.4, -0.2) is 23.9 Å². The molecule has 0 unspecified atom stereocenters. The van der Waals surface area contributed by atoms with Gasteiger partial charge in [0.05, 0.1) is 5.69 Å². The molecular weight excluding hydrogens is 240 g/mol. The van der Waals surface area contributed by atoms with E-state index in [1.54, 1.807) is 18.7 Å². The minimum absolute atomic E-state index is 0.468. The lowest BCUT2D eigenvalue weighted by Crippen LogP contribution is -2.08. The van der Waals surface area contributed by atoms with Crippen molar-refractivity contribution in [3.8, 4) is 17.7 Å². The Balaban J connectivity index is 2.37. The van der Waals surface area contributed by atoms with Crippen LogP contribution in [-0.2, 0) is 7.05 Å². The number of ether oxygens (including phenoxy) is 1. The highest BCUT2D eigenvalue weighted by atomic mass is 16.5. The number of nitriles is 1. The number of nitrogens with zero attached hydrogens (tertiary/aromatic N) is 4. The maximum atomic E-state index is 9.14. The van der Waals surface area contributed by atoms with Gasteiger partial charge >= 0.3 is 0 Å². The number of aromatic nitrogens is 2. The van der Waals surface area contributed by atoms with Crippen LogP contribution in [0, 0.1) is 18.3 Å². The standard InChI is InChI=1S/C14H16N4O/c1-10-13(9-15)14(18(4)16-10)19-12-7-5-6-11(8-12)17(2)3/h5-8H,1-4H3. The van der Waals surface area contributed by atoms with E-state index in [0.717, 1.165) is 5.69 Å². The molecule has 0 amide bonds. The number of hydrogen-bond acceptors (Lipinski definition) is 4. The topological polar surface area (TPSA) is 54.1 Å². The summed E-state index contributed by atoms with van der Waals surface area (Å²) < 4.78 is 7.37. The van der Waals surface area contributed by atoms with Crippen molar-refractivity contribution < 1.29 is 4.74 Å². The normalized spacial score (nSPS) is 10.1. The number of rotatable bonds is 3. The van der Waals surface area contributed by atoms with E-state index in [0.29, 0.717) is 22.9 Å². The van der Waals surface area contributed by atoms with Gasteiger partial charge in [-0.2, -0.15) is 10.4 Å². The Morgan fingerprint density at radius 3 is 2.74 bits per heavy atom. The summed E-state index contributed by atoms with van der Waals surface area (Å²) in [5, 5.41) is 13.3. The van der Waals surface area contributed by atoms with Gasteiger partial charge in [-0.15, -0.1) is 0 Å². The molecule has 1 aromatic carbocycles. The van der Waals surface area contributed by atoms with Crippen LogP contribution < -0.4 is 9.64 Å². The van der Waals surface area contributed by atoms with E-state index < -0.39 is 0 Å². The van der Waals surface area contributed by atoms with E-state index in [-0.39, 0.29) is 0 Å². The Bertz CT molecular complexity index is 637. The molecule has 5 nitrogen and oxygen atoms in total. The van der Waals surface area contributed by atoms with Crippen LogP contribution in [0.1, 0.15) is 11.3 Å². The molecule has 2 aromatic rings. The van der Waals surface area contributed by atoms with Gasteiger partial charge in [-0.3, -0.25) is 0 Å². The number of benzene rings is 1. The van der Waals surface area contributed by atoms with Gasteiger partial charge in [0, 0.05) is 32.9 Å². The fraction of sp³-hybridized carbons (Fsp3) is 0.286. The van der Waals surface area contributed by atoms with Crippen LogP contribution in [0.25, 0.3) is 0 Å². The SMILES string of the molecule is Cc1nn(C)c(Oc2cccc(N(C)C)c2)c1C#N. The number of anilines is 1. The summed E-state index contributed by atoms with van der Waals surface area (Å²) in [5.41, 5.74) is 2.18. The Morgan fingerprint density at radius 2 is 2.11 bits per heavy atom. The average Bonchev–Trinajstić information content (AvgIpc) is 2.64. The summed E-state index contributed by atoms with van der Waals surface area (Å²) in [5.74, 6) is 1.15. The van der Waals surface area contributed by atoms with E-state index in [2.05, 4.69) is 11.2 Å². The highest BCUT2D eigenvalue weighted by Crippen LogP contribution is 2.28. The van der Waals surface area contributed by atoms with Crippen LogP contribution in [0.3, 0.4) is 0 Å². The van der Waals surface area contributed by atoms with E-state index in [1.165, 1.54) is 0 Å². The van der Waals surface area contributed by atoms with E-state index >= 15 is 0 Å². The molecule has 0 saturated carbocycles. The van der Waals surface area contributed by atoms with Crippen molar-refractivity contribution in [1.82, 2.24) is 9.78 Å². The van der Waals surface area contributed by atoms with Crippen LogP contribution in [0.5, 0.6) is 11.6 Å². The molecule has 0 aliphatic carbocycles. The van der Waals surface area contributed by atoms with Gasteiger partial charge in [-0.1, -0.05) is 6.07 Å². The van der Waals surface area contributed by atoms with Crippen molar-refractivity contribution in [3.05, 3.63) is 35.5 Å². The van der Waals surface area contributed by atoms with Gasteiger partial charge in [-0.25, -0.2) is 4.68 Å². The minimum Gasteiger partial charge on any atom is -0.438 e. The third kappa shape index (κ3) is 2.52. The van der Waals surface area contributed by atoms with E-state index in [1.807, 2.05) is 43.3 Å². The lowest BCUT2D eigenvalue weighted by molar-refractivity contribution is 0.429. The highest BCUT2D eigenvalue weighted by molar-refractivity contribution is 5.51. The largest absolute Gasteiger partial charge is 0.438 e. The molecule has 5 heteroatoms. The molecule has 0 N–H and O–H groups in total. The molecule has 0 radical (unpaired) electrons. The predicted molar refractivity (Wildman–Crippen MR) is 73.5 cm³/mol. The summed E-state index contributed by atoms with van der Waals surface area (Å²) in [6, 6.07) is 9.81. The van der Waals surface area contributed by atoms with Gasteiger partial charge in [0.15, 0.2) is 0 Å². The third-order valence-electron chi connectivity index (χ3n) is 2.83. The molecule has 0 atom stereocenters. The smallest absolute Gasteiger partial charge is 0.235 e. The minimum atomic E-state index is 0.468. The molecule has 0 aliphatic rings. The zero-order chi connectivity index (χ0) is 14.0. The van der Waals surface area contributed by atoms with Crippen molar-refractivity contribution in [2.24, 2.45) is 7.05 Å². The van der Waals surface area contributed by atoms with Gasteiger partial charge in [-0.05, 0) is 19.1 Å². The molecule has 0 aliphatic heterocycles. The summed E-state index contributed by atoms with van der Waals surface area (Å²) in [6.07, 6.45) is 0. The fourth-order valence-electron chi connectivity index (χ4n) is 1.82. The van der Waals surface area contributed by atoms with Crippen LogP contribution in [0.15, 0.2) is 24.3 Å². The number of aryl methyl sites for hydroxylation is 2. The van der Waals surface area contributed by atoms with Crippen molar-refractivity contribution in [2.45, 2.75) is 6.92 Å². The van der Waals surface area contributed by atoms with Crippen molar-refractivity contribution in [1.29, 1.82) is 5.26 Å². The second-order valence-electron chi connectivity index (χ2n) is 4.49. The Morgan fingerprint density at radius 1 is 1.37 bits per heavy atom. The van der Waals surface area contributed by atoms with Crippen LogP contribution in [0.4, 0.5) is 5.69 Å². The van der Waals surface area contributed by atoms with Crippen LogP contribution in [0.2, 0.25) is 0 Å². The lowest BCUT2D eigenvalue weighted by Gasteiger charge is -2.14. The van der Waals surface area contributed by atoms with Gasteiger partial charge in [0.1, 0.15) is 17.4 Å². The van der Waals surface area contributed by atoms with Gasteiger partial charge in [0.25, 0.3) is 0 Å². The van der Waals surface area contributed by atoms with E-state index in [4.69, 9.17) is 10.00 Å². The Hall–Kier alpha value is -2.48. The zero-order valence-electron chi connectivity index (χ0n) is 11.5. The van der Waals surface area contributed by atoms with Gasteiger partial charge in [0.2, 0.25) is 5.88 Å². The first-order chi connectivity index (χ1) is 9.02. The number of hydrogen-bond donors (Lipinski definition) is 0. The maximum absolute atomic E-state index is 9.14. The summed E-state index contributed by atoms with van der Waals surface area (Å²) in [7, 11) is 5.70. The van der Waals surface area contributed by atoms with Crippen molar-refractivity contribution in [2.75, 3.05) is 19.0 Å². The fourth-order valence-corrected chi connectivity index (χ4v) is 1.82.